The zero-order valence-electron chi connectivity index (χ0n) is 9.27. The first-order valence-electron chi connectivity index (χ1n) is 5.29. The van der Waals surface area contributed by atoms with Crippen molar-refractivity contribution in [2.45, 2.75) is 32.4 Å². The second-order valence-electron chi connectivity index (χ2n) is 3.71. The molecule has 0 aliphatic carbocycles. The fourth-order valence-corrected chi connectivity index (χ4v) is 1.43. The summed E-state index contributed by atoms with van der Waals surface area (Å²) in [6.45, 7) is 2.55. The van der Waals surface area contributed by atoms with E-state index in [1.807, 2.05) is 6.92 Å². The molecule has 1 aromatic rings. The summed E-state index contributed by atoms with van der Waals surface area (Å²) in [5, 5.41) is 20.6. The van der Waals surface area contributed by atoms with E-state index in [0.29, 0.717) is 12.3 Å². The number of aromatic carboxylic acids is 1. The second-order valence-corrected chi connectivity index (χ2v) is 3.71. The number of rotatable bonds is 7. The maximum Gasteiger partial charge on any atom is 0.339 e. The molecule has 0 saturated carbocycles. The molecule has 1 unspecified atom stereocenters. The normalized spacial score (nSPS) is 12.6. The van der Waals surface area contributed by atoms with Gasteiger partial charge in [-0.1, -0.05) is 0 Å². The van der Waals surface area contributed by atoms with Crippen molar-refractivity contribution in [3.8, 4) is 0 Å². The van der Waals surface area contributed by atoms with E-state index in [0.717, 1.165) is 12.8 Å². The Morgan fingerprint density at radius 1 is 1.62 bits per heavy atom. The standard InChI is InChI=1S/C11H17NO4/c1-8(3-2-5-13)12-7-10-9(11(14)15)4-6-16-10/h4,6,8,12-13H,2-3,5,7H2,1H3,(H,14,15). The molecule has 5 heteroatoms. The van der Waals surface area contributed by atoms with Crippen LogP contribution in [-0.4, -0.2) is 28.8 Å². The molecule has 0 radical (unpaired) electrons. The molecule has 0 amide bonds. The highest BCUT2D eigenvalue weighted by Crippen LogP contribution is 2.10. The molecule has 0 spiro atoms. The molecule has 0 saturated heterocycles. The Kier molecular flexibility index (Phi) is 5.01. The fourth-order valence-electron chi connectivity index (χ4n) is 1.43. The Bertz CT molecular complexity index is 334. The van der Waals surface area contributed by atoms with Gasteiger partial charge in [0.1, 0.15) is 11.3 Å². The number of furan rings is 1. The van der Waals surface area contributed by atoms with Crippen LogP contribution < -0.4 is 5.32 Å². The summed E-state index contributed by atoms with van der Waals surface area (Å²) in [5.41, 5.74) is 0.196. The lowest BCUT2D eigenvalue weighted by molar-refractivity contribution is 0.0694. The first-order chi connectivity index (χ1) is 7.65. The lowest BCUT2D eigenvalue weighted by Gasteiger charge is -2.11. The Hall–Kier alpha value is -1.33. The van der Waals surface area contributed by atoms with Crippen molar-refractivity contribution in [2.75, 3.05) is 6.61 Å². The zero-order chi connectivity index (χ0) is 12.0. The van der Waals surface area contributed by atoms with Gasteiger partial charge in [-0.2, -0.15) is 0 Å². The Balaban J connectivity index is 2.42. The second kappa shape index (κ2) is 6.30. The van der Waals surface area contributed by atoms with Gasteiger partial charge in [0.2, 0.25) is 0 Å². The summed E-state index contributed by atoms with van der Waals surface area (Å²) in [4.78, 5) is 10.8. The molecule has 16 heavy (non-hydrogen) atoms. The van der Waals surface area contributed by atoms with Crippen molar-refractivity contribution in [3.05, 3.63) is 23.7 Å². The average molecular weight is 227 g/mol. The van der Waals surface area contributed by atoms with E-state index in [4.69, 9.17) is 14.6 Å². The van der Waals surface area contributed by atoms with Gasteiger partial charge in [0.25, 0.3) is 0 Å². The third kappa shape index (κ3) is 3.67. The summed E-state index contributed by atoms with van der Waals surface area (Å²) in [6.07, 6.45) is 2.95. The summed E-state index contributed by atoms with van der Waals surface area (Å²) in [6, 6.07) is 1.66. The smallest absolute Gasteiger partial charge is 0.339 e. The summed E-state index contributed by atoms with van der Waals surface area (Å²) >= 11 is 0. The van der Waals surface area contributed by atoms with Crippen LogP contribution in [0.5, 0.6) is 0 Å². The lowest BCUT2D eigenvalue weighted by Crippen LogP contribution is -2.26. The van der Waals surface area contributed by atoms with E-state index < -0.39 is 5.97 Å². The van der Waals surface area contributed by atoms with E-state index in [2.05, 4.69) is 5.32 Å². The van der Waals surface area contributed by atoms with Crippen LogP contribution in [0.3, 0.4) is 0 Å². The van der Waals surface area contributed by atoms with Crippen molar-refractivity contribution in [1.29, 1.82) is 0 Å². The highest BCUT2D eigenvalue weighted by Gasteiger charge is 2.13. The number of hydrogen-bond acceptors (Lipinski definition) is 4. The fraction of sp³-hybridized carbons (Fsp3) is 0.545. The topological polar surface area (TPSA) is 82.7 Å². The van der Waals surface area contributed by atoms with Crippen LogP contribution in [0.25, 0.3) is 0 Å². The molecule has 3 N–H and O–H groups in total. The molecule has 5 nitrogen and oxygen atoms in total. The summed E-state index contributed by atoms with van der Waals surface area (Å²) in [7, 11) is 0. The zero-order valence-corrected chi connectivity index (χ0v) is 9.27. The van der Waals surface area contributed by atoms with Gasteiger partial charge in [0.05, 0.1) is 12.8 Å². The molecule has 0 aliphatic heterocycles. The van der Waals surface area contributed by atoms with Gasteiger partial charge in [-0.3, -0.25) is 0 Å². The van der Waals surface area contributed by atoms with Gasteiger partial charge < -0.3 is 19.9 Å². The van der Waals surface area contributed by atoms with Crippen LogP contribution in [0.15, 0.2) is 16.7 Å². The minimum atomic E-state index is -0.978. The molecule has 90 valence electrons. The number of carbonyl (C=O) groups is 1. The number of nitrogens with one attached hydrogen (secondary N) is 1. The van der Waals surface area contributed by atoms with Crippen LogP contribution in [0.1, 0.15) is 35.9 Å². The molecule has 1 atom stereocenters. The predicted molar refractivity (Wildman–Crippen MR) is 58.3 cm³/mol. The van der Waals surface area contributed by atoms with Crippen LogP contribution >= 0.6 is 0 Å². The Morgan fingerprint density at radius 3 is 3.00 bits per heavy atom. The van der Waals surface area contributed by atoms with Gasteiger partial charge in [0, 0.05) is 12.6 Å². The van der Waals surface area contributed by atoms with Crippen LogP contribution in [0.2, 0.25) is 0 Å². The molecule has 0 aliphatic rings. The molecule has 1 rings (SSSR count). The summed E-state index contributed by atoms with van der Waals surface area (Å²) < 4.78 is 5.09. The van der Waals surface area contributed by atoms with Crippen molar-refractivity contribution in [3.63, 3.8) is 0 Å². The molecule has 1 aromatic heterocycles. The molecule has 0 bridgehead atoms. The number of aliphatic hydroxyl groups is 1. The van der Waals surface area contributed by atoms with E-state index in [9.17, 15) is 4.79 Å². The van der Waals surface area contributed by atoms with Crippen LogP contribution in [0, 0.1) is 0 Å². The highest BCUT2D eigenvalue weighted by molar-refractivity contribution is 5.88. The maximum atomic E-state index is 10.8. The van der Waals surface area contributed by atoms with Crippen LogP contribution in [-0.2, 0) is 6.54 Å². The predicted octanol–water partition coefficient (Wildman–Crippen LogP) is 1.23. The van der Waals surface area contributed by atoms with Crippen molar-refractivity contribution >= 4 is 5.97 Å². The van der Waals surface area contributed by atoms with E-state index in [1.54, 1.807) is 0 Å². The third-order valence-corrected chi connectivity index (χ3v) is 2.38. The Labute approximate surface area is 94.1 Å². The molecule has 1 heterocycles. The van der Waals surface area contributed by atoms with Crippen LogP contribution in [0.4, 0.5) is 0 Å². The van der Waals surface area contributed by atoms with Gasteiger partial charge in [-0.25, -0.2) is 4.79 Å². The molecule has 0 fully saturated rings. The van der Waals surface area contributed by atoms with E-state index >= 15 is 0 Å². The van der Waals surface area contributed by atoms with Crippen molar-refractivity contribution < 1.29 is 19.4 Å². The van der Waals surface area contributed by atoms with Gasteiger partial charge in [0.15, 0.2) is 0 Å². The van der Waals surface area contributed by atoms with E-state index in [-0.39, 0.29) is 18.2 Å². The largest absolute Gasteiger partial charge is 0.478 e. The minimum absolute atomic E-state index is 0.174. The van der Waals surface area contributed by atoms with Gasteiger partial charge >= 0.3 is 5.97 Å². The minimum Gasteiger partial charge on any atom is -0.478 e. The SMILES string of the molecule is CC(CCCO)NCc1occc1C(=O)O. The van der Waals surface area contributed by atoms with Gasteiger partial charge in [-0.15, -0.1) is 0 Å². The number of carboxylic acid groups (broad SMARTS) is 1. The number of hydrogen-bond donors (Lipinski definition) is 3. The first kappa shape index (κ1) is 12.7. The third-order valence-electron chi connectivity index (χ3n) is 2.38. The quantitative estimate of drug-likeness (QED) is 0.652. The van der Waals surface area contributed by atoms with Gasteiger partial charge in [-0.05, 0) is 25.8 Å². The number of aliphatic hydroxyl groups excluding tert-OH is 1. The van der Waals surface area contributed by atoms with E-state index in [1.165, 1.54) is 12.3 Å². The highest BCUT2D eigenvalue weighted by atomic mass is 16.4. The van der Waals surface area contributed by atoms with Crippen molar-refractivity contribution in [1.82, 2.24) is 5.32 Å². The average Bonchev–Trinajstić information content (AvgIpc) is 2.71. The lowest BCUT2D eigenvalue weighted by atomic mass is 10.2. The monoisotopic (exact) mass is 227 g/mol. The summed E-state index contributed by atoms with van der Waals surface area (Å²) in [5.74, 6) is -0.545. The Morgan fingerprint density at radius 2 is 2.38 bits per heavy atom. The molecular weight excluding hydrogens is 210 g/mol. The first-order valence-corrected chi connectivity index (χ1v) is 5.29. The molecule has 0 aromatic carbocycles. The molecular formula is C11H17NO4. The maximum absolute atomic E-state index is 10.8. The van der Waals surface area contributed by atoms with Crippen molar-refractivity contribution in [2.24, 2.45) is 0 Å². The number of carboxylic acids is 1.